The first-order valence-corrected chi connectivity index (χ1v) is 7.70. The van der Waals surface area contributed by atoms with Crippen molar-refractivity contribution < 1.29 is 9.59 Å². The topological polar surface area (TPSA) is 73.5 Å². The fraction of sp³-hybridized carbons (Fsp3) is 0.857. The number of nitrogens with one attached hydrogen (secondary N) is 3. The maximum absolute atomic E-state index is 12.0. The molecule has 2 fully saturated rings. The maximum Gasteiger partial charge on any atom is 0.315 e. The van der Waals surface area contributed by atoms with E-state index in [9.17, 15) is 9.59 Å². The van der Waals surface area contributed by atoms with Gasteiger partial charge in [0.05, 0.1) is 6.54 Å². The zero-order valence-corrected chi connectivity index (χ0v) is 13.5. The molecular formula is C14H27ClN4O2. The molecule has 3 amide bonds. The molecule has 2 rings (SSSR count). The van der Waals surface area contributed by atoms with E-state index in [4.69, 9.17) is 0 Å². The summed E-state index contributed by atoms with van der Waals surface area (Å²) in [6.07, 6.45) is 5.73. The minimum absolute atomic E-state index is 0. The number of piperazine rings is 1. The minimum atomic E-state index is -0.214. The van der Waals surface area contributed by atoms with Gasteiger partial charge in [-0.1, -0.05) is 19.3 Å². The van der Waals surface area contributed by atoms with Crippen LogP contribution in [0.1, 0.15) is 39.0 Å². The Morgan fingerprint density at radius 3 is 2.62 bits per heavy atom. The van der Waals surface area contributed by atoms with Crippen molar-refractivity contribution in [3.63, 3.8) is 0 Å². The second kappa shape index (κ2) is 9.10. The molecule has 1 saturated carbocycles. The van der Waals surface area contributed by atoms with E-state index in [1.807, 2.05) is 4.90 Å². The molecule has 21 heavy (non-hydrogen) atoms. The number of amides is 3. The summed E-state index contributed by atoms with van der Waals surface area (Å²) < 4.78 is 0. The zero-order valence-electron chi connectivity index (χ0n) is 12.7. The SMILES string of the molecule is CC1CN(C(=O)CNC(=O)NC2CCCCC2)CCN1.Cl. The zero-order chi connectivity index (χ0) is 14.4. The van der Waals surface area contributed by atoms with Gasteiger partial charge in [-0.15, -0.1) is 12.4 Å². The smallest absolute Gasteiger partial charge is 0.315 e. The fourth-order valence-corrected chi connectivity index (χ4v) is 2.91. The third-order valence-electron chi connectivity index (χ3n) is 4.06. The highest BCUT2D eigenvalue weighted by atomic mass is 35.5. The Labute approximate surface area is 132 Å². The molecule has 0 radical (unpaired) electrons. The highest BCUT2D eigenvalue weighted by molar-refractivity contribution is 5.85. The molecule has 0 bridgehead atoms. The summed E-state index contributed by atoms with van der Waals surface area (Å²) in [7, 11) is 0. The Balaban J connectivity index is 0.00000220. The fourth-order valence-electron chi connectivity index (χ4n) is 2.91. The van der Waals surface area contributed by atoms with Gasteiger partial charge < -0.3 is 20.9 Å². The molecule has 6 nitrogen and oxygen atoms in total. The molecule has 1 aliphatic heterocycles. The summed E-state index contributed by atoms with van der Waals surface area (Å²) in [6.45, 7) is 4.40. The number of carbonyl (C=O) groups excluding carboxylic acids is 2. The molecule has 1 unspecified atom stereocenters. The van der Waals surface area contributed by atoms with Crippen LogP contribution < -0.4 is 16.0 Å². The van der Waals surface area contributed by atoms with E-state index in [1.54, 1.807) is 0 Å². The first-order chi connectivity index (χ1) is 9.65. The summed E-state index contributed by atoms with van der Waals surface area (Å²) >= 11 is 0. The molecule has 3 N–H and O–H groups in total. The lowest BCUT2D eigenvalue weighted by Gasteiger charge is -2.32. The average Bonchev–Trinajstić information content (AvgIpc) is 2.46. The van der Waals surface area contributed by atoms with Crippen LogP contribution in [0, 0.1) is 0 Å². The highest BCUT2D eigenvalue weighted by Gasteiger charge is 2.21. The van der Waals surface area contributed by atoms with Gasteiger partial charge in [-0.3, -0.25) is 4.79 Å². The molecule has 0 aromatic carbocycles. The van der Waals surface area contributed by atoms with Crippen molar-refractivity contribution in [1.82, 2.24) is 20.9 Å². The van der Waals surface area contributed by atoms with E-state index in [2.05, 4.69) is 22.9 Å². The van der Waals surface area contributed by atoms with Gasteiger partial charge in [-0.2, -0.15) is 0 Å². The van der Waals surface area contributed by atoms with Gasteiger partial charge in [0.25, 0.3) is 0 Å². The van der Waals surface area contributed by atoms with Crippen LogP contribution in [0.2, 0.25) is 0 Å². The molecule has 122 valence electrons. The molecule has 0 spiro atoms. The quantitative estimate of drug-likeness (QED) is 0.722. The summed E-state index contributed by atoms with van der Waals surface area (Å²) in [6, 6.07) is 0.384. The molecule has 0 aromatic heterocycles. The molecule has 1 atom stereocenters. The van der Waals surface area contributed by atoms with Gasteiger partial charge in [-0.05, 0) is 19.8 Å². The lowest BCUT2D eigenvalue weighted by Crippen LogP contribution is -2.54. The van der Waals surface area contributed by atoms with Crippen LogP contribution in [0.5, 0.6) is 0 Å². The summed E-state index contributed by atoms with van der Waals surface area (Å²) in [5, 5.41) is 8.93. The van der Waals surface area contributed by atoms with Gasteiger partial charge in [0.15, 0.2) is 0 Å². The molecule has 0 aromatic rings. The molecule has 1 heterocycles. The van der Waals surface area contributed by atoms with Crippen LogP contribution in [-0.4, -0.2) is 55.1 Å². The van der Waals surface area contributed by atoms with Crippen LogP contribution in [0.25, 0.3) is 0 Å². The predicted octanol–water partition coefficient (Wildman–Crippen LogP) is 0.860. The van der Waals surface area contributed by atoms with Crippen molar-refractivity contribution in [3.05, 3.63) is 0 Å². The first-order valence-electron chi connectivity index (χ1n) is 7.70. The number of hydrogen-bond acceptors (Lipinski definition) is 3. The second-order valence-corrected chi connectivity index (χ2v) is 5.86. The Bertz CT molecular complexity index is 348. The van der Waals surface area contributed by atoms with Crippen LogP contribution in [-0.2, 0) is 4.79 Å². The average molecular weight is 319 g/mol. The number of nitrogens with zero attached hydrogens (tertiary/aromatic N) is 1. The Morgan fingerprint density at radius 2 is 1.95 bits per heavy atom. The molecule has 2 aliphatic rings. The second-order valence-electron chi connectivity index (χ2n) is 5.86. The third-order valence-corrected chi connectivity index (χ3v) is 4.06. The van der Waals surface area contributed by atoms with E-state index < -0.39 is 0 Å². The van der Waals surface area contributed by atoms with Gasteiger partial charge in [0.2, 0.25) is 5.91 Å². The molecular weight excluding hydrogens is 292 g/mol. The number of hydrogen-bond donors (Lipinski definition) is 3. The number of carbonyl (C=O) groups is 2. The number of urea groups is 1. The van der Waals surface area contributed by atoms with Crippen molar-refractivity contribution in [2.75, 3.05) is 26.2 Å². The minimum Gasteiger partial charge on any atom is -0.338 e. The van der Waals surface area contributed by atoms with Crippen LogP contribution >= 0.6 is 12.4 Å². The van der Waals surface area contributed by atoms with Gasteiger partial charge >= 0.3 is 6.03 Å². The van der Waals surface area contributed by atoms with Crippen molar-refractivity contribution in [1.29, 1.82) is 0 Å². The standard InChI is InChI=1S/C14H26N4O2.ClH/c1-11-10-18(8-7-15-11)13(19)9-16-14(20)17-12-5-3-2-4-6-12;/h11-12,15H,2-10H2,1H3,(H2,16,17,20);1H. The highest BCUT2D eigenvalue weighted by Crippen LogP contribution is 2.17. The molecule has 7 heteroatoms. The number of rotatable bonds is 3. The monoisotopic (exact) mass is 318 g/mol. The van der Waals surface area contributed by atoms with Crippen LogP contribution in [0.15, 0.2) is 0 Å². The molecule has 1 aliphatic carbocycles. The van der Waals surface area contributed by atoms with E-state index in [0.717, 1.165) is 25.9 Å². The van der Waals surface area contributed by atoms with Crippen LogP contribution in [0.3, 0.4) is 0 Å². The summed E-state index contributed by atoms with van der Waals surface area (Å²) in [4.78, 5) is 25.6. The lowest BCUT2D eigenvalue weighted by atomic mass is 9.96. The summed E-state index contributed by atoms with van der Waals surface area (Å²) in [5.41, 5.74) is 0. The molecule has 1 saturated heterocycles. The van der Waals surface area contributed by atoms with E-state index in [0.29, 0.717) is 12.6 Å². The van der Waals surface area contributed by atoms with Crippen LogP contribution in [0.4, 0.5) is 4.79 Å². The van der Waals surface area contributed by atoms with Gasteiger partial charge in [0, 0.05) is 31.7 Å². The predicted molar refractivity (Wildman–Crippen MR) is 84.7 cm³/mol. The normalized spacial score (nSPS) is 23.1. The Morgan fingerprint density at radius 1 is 1.24 bits per heavy atom. The first kappa shape index (κ1) is 18.0. The largest absolute Gasteiger partial charge is 0.338 e. The number of halogens is 1. The van der Waals surface area contributed by atoms with E-state index >= 15 is 0 Å². The van der Waals surface area contributed by atoms with Crippen molar-refractivity contribution in [3.8, 4) is 0 Å². The Hall–Kier alpha value is -1.01. The van der Waals surface area contributed by atoms with Gasteiger partial charge in [0.1, 0.15) is 0 Å². The van der Waals surface area contributed by atoms with E-state index in [-0.39, 0.29) is 36.9 Å². The third kappa shape index (κ3) is 6.09. The lowest BCUT2D eigenvalue weighted by molar-refractivity contribution is -0.131. The van der Waals surface area contributed by atoms with E-state index in [1.165, 1.54) is 19.3 Å². The van der Waals surface area contributed by atoms with Gasteiger partial charge in [-0.25, -0.2) is 4.79 Å². The van der Waals surface area contributed by atoms with Crippen molar-refractivity contribution >= 4 is 24.3 Å². The maximum atomic E-state index is 12.0. The van der Waals surface area contributed by atoms with Crippen molar-refractivity contribution in [2.24, 2.45) is 0 Å². The van der Waals surface area contributed by atoms with Crippen molar-refractivity contribution in [2.45, 2.75) is 51.1 Å². The summed E-state index contributed by atoms with van der Waals surface area (Å²) in [5.74, 6) is -0.00264. The Kier molecular flexibility index (Phi) is 7.82.